The molecule has 0 heterocycles. The Morgan fingerprint density at radius 1 is 1.31 bits per heavy atom. The van der Waals surface area contributed by atoms with Gasteiger partial charge in [0.25, 0.3) is 0 Å². The molecule has 0 amide bonds. The highest BCUT2D eigenvalue weighted by Gasteiger charge is 2.46. The van der Waals surface area contributed by atoms with Crippen molar-refractivity contribution in [2.45, 2.75) is 16.7 Å². The van der Waals surface area contributed by atoms with Gasteiger partial charge in [-0.1, -0.05) is 60.5 Å². The number of alkyl halides is 2. The van der Waals surface area contributed by atoms with E-state index in [-0.39, 0.29) is 5.75 Å². The Hall–Kier alpha value is -0.290. The molecule has 1 aromatic rings. The molecular weight excluding hydrogens is 271 g/mol. The van der Waals surface area contributed by atoms with Crippen LogP contribution in [0.4, 0.5) is 0 Å². The van der Waals surface area contributed by atoms with Crippen molar-refractivity contribution in [3.05, 3.63) is 35.9 Å². The number of halogens is 2. The van der Waals surface area contributed by atoms with Gasteiger partial charge in [-0.2, -0.15) is 0 Å². The number of sulfone groups is 1. The summed E-state index contributed by atoms with van der Waals surface area (Å²) in [6.07, 6.45) is -1.47. The summed E-state index contributed by atoms with van der Waals surface area (Å²) in [6, 6.07) is 8.21. The van der Waals surface area contributed by atoms with Crippen molar-refractivity contribution in [2.24, 2.45) is 0 Å². The van der Waals surface area contributed by atoms with E-state index in [1.165, 1.54) is 6.92 Å². The molecule has 1 rings (SSSR count). The molecule has 6 heteroatoms. The molecule has 1 aromatic carbocycles. The van der Waals surface area contributed by atoms with Gasteiger partial charge in [0, 0.05) is 0 Å². The molecule has 0 fully saturated rings. The van der Waals surface area contributed by atoms with Crippen molar-refractivity contribution >= 4 is 33.0 Å². The van der Waals surface area contributed by atoms with Gasteiger partial charge in [-0.05, 0) is 5.56 Å². The van der Waals surface area contributed by atoms with Crippen molar-refractivity contribution in [3.63, 3.8) is 0 Å². The van der Waals surface area contributed by atoms with Gasteiger partial charge in [0.05, 0.1) is 5.75 Å². The number of benzene rings is 1. The first-order valence-electron chi connectivity index (χ1n) is 4.66. The third-order valence-electron chi connectivity index (χ3n) is 2.23. The molecule has 1 N–H and O–H groups in total. The quantitative estimate of drug-likeness (QED) is 0.862. The van der Waals surface area contributed by atoms with E-state index in [1.54, 1.807) is 30.3 Å². The molecule has 0 radical (unpaired) electrons. The molecule has 16 heavy (non-hydrogen) atoms. The van der Waals surface area contributed by atoms with Gasteiger partial charge in [0.1, 0.15) is 6.10 Å². The molecule has 0 unspecified atom stereocenters. The van der Waals surface area contributed by atoms with Gasteiger partial charge in [-0.25, -0.2) is 8.42 Å². The lowest BCUT2D eigenvalue weighted by atomic mass is 10.1. The largest absolute Gasteiger partial charge is 0.384 e. The van der Waals surface area contributed by atoms with Crippen molar-refractivity contribution in [2.75, 3.05) is 5.75 Å². The maximum Gasteiger partial charge on any atom is 0.247 e. The molecule has 0 bridgehead atoms. The first-order chi connectivity index (χ1) is 7.33. The first-order valence-corrected chi connectivity index (χ1v) is 7.07. The predicted octanol–water partition coefficient (Wildman–Crippen LogP) is 2.29. The lowest BCUT2D eigenvalue weighted by Crippen LogP contribution is -2.34. The van der Waals surface area contributed by atoms with Crippen molar-refractivity contribution in [3.8, 4) is 0 Å². The SMILES string of the molecule is CCS(=O)(=O)C(Cl)(Cl)[C@H](O)c1ccccc1. The predicted molar refractivity (Wildman–Crippen MR) is 65.3 cm³/mol. The van der Waals surface area contributed by atoms with E-state index in [0.717, 1.165) is 0 Å². The van der Waals surface area contributed by atoms with E-state index >= 15 is 0 Å². The van der Waals surface area contributed by atoms with Gasteiger partial charge >= 0.3 is 0 Å². The molecule has 0 aliphatic rings. The highest BCUT2D eigenvalue weighted by Crippen LogP contribution is 2.41. The fraction of sp³-hybridized carbons (Fsp3) is 0.400. The normalized spacial score (nSPS) is 14.8. The monoisotopic (exact) mass is 282 g/mol. The minimum Gasteiger partial charge on any atom is -0.384 e. The van der Waals surface area contributed by atoms with Crippen molar-refractivity contribution in [1.29, 1.82) is 0 Å². The molecule has 0 aliphatic carbocycles. The van der Waals surface area contributed by atoms with E-state index in [0.29, 0.717) is 5.56 Å². The standard InChI is InChI=1S/C10H12Cl2O3S/c1-2-16(14,15)10(11,12)9(13)8-6-4-3-5-7-8/h3-7,9,13H,2H2,1H3/t9-/m1/s1. The summed E-state index contributed by atoms with van der Waals surface area (Å²) in [4.78, 5) is 0. The van der Waals surface area contributed by atoms with Crippen LogP contribution in [0.25, 0.3) is 0 Å². The van der Waals surface area contributed by atoms with Gasteiger partial charge in [0.15, 0.2) is 9.84 Å². The number of aliphatic hydroxyl groups is 1. The van der Waals surface area contributed by atoms with Crippen molar-refractivity contribution < 1.29 is 13.5 Å². The zero-order valence-corrected chi connectivity index (χ0v) is 10.9. The number of hydrogen-bond donors (Lipinski definition) is 1. The summed E-state index contributed by atoms with van der Waals surface area (Å²) in [6.45, 7) is 1.42. The third-order valence-corrected chi connectivity index (χ3v) is 5.86. The maximum absolute atomic E-state index is 11.6. The topological polar surface area (TPSA) is 54.4 Å². The van der Waals surface area contributed by atoms with Crippen LogP contribution in [0.5, 0.6) is 0 Å². The molecular formula is C10H12Cl2O3S. The molecule has 0 aliphatic heterocycles. The van der Waals surface area contributed by atoms with E-state index in [4.69, 9.17) is 23.2 Å². The second-order valence-electron chi connectivity index (χ2n) is 3.28. The first kappa shape index (κ1) is 13.8. The van der Waals surface area contributed by atoms with E-state index in [2.05, 4.69) is 0 Å². The number of aliphatic hydroxyl groups excluding tert-OH is 1. The Morgan fingerprint density at radius 3 is 2.25 bits per heavy atom. The second kappa shape index (κ2) is 4.92. The van der Waals surface area contributed by atoms with Crippen LogP contribution in [0.3, 0.4) is 0 Å². The summed E-state index contributed by atoms with van der Waals surface area (Å²) >= 11 is 11.5. The zero-order valence-electron chi connectivity index (χ0n) is 8.60. The smallest absolute Gasteiger partial charge is 0.247 e. The summed E-state index contributed by atoms with van der Waals surface area (Å²) in [5, 5.41) is 9.87. The Morgan fingerprint density at radius 2 is 1.81 bits per heavy atom. The van der Waals surface area contributed by atoms with Crippen LogP contribution in [-0.4, -0.2) is 22.9 Å². The van der Waals surface area contributed by atoms with Crippen LogP contribution in [-0.2, 0) is 9.84 Å². The Kier molecular flexibility index (Phi) is 4.23. The van der Waals surface area contributed by atoms with E-state index in [9.17, 15) is 13.5 Å². The van der Waals surface area contributed by atoms with E-state index in [1.807, 2.05) is 0 Å². The van der Waals surface area contributed by atoms with Gasteiger partial charge in [-0.3, -0.25) is 0 Å². The lowest BCUT2D eigenvalue weighted by Gasteiger charge is -2.25. The highest BCUT2D eigenvalue weighted by molar-refractivity contribution is 7.95. The molecule has 90 valence electrons. The molecule has 3 nitrogen and oxygen atoms in total. The minimum atomic E-state index is -3.76. The third kappa shape index (κ3) is 2.51. The van der Waals surface area contributed by atoms with Crippen molar-refractivity contribution in [1.82, 2.24) is 0 Å². The van der Waals surface area contributed by atoms with Crippen LogP contribution in [0.2, 0.25) is 0 Å². The highest BCUT2D eigenvalue weighted by atomic mass is 35.5. The number of rotatable bonds is 4. The maximum atomic E-state index is 11.6. The Balaban J connectivity index is 3.11. The number of hydrogen-bond acceptors (Lipinski definition) is 3. The van der Waals surface area contributed by atoms with Crippen LogP contribution in [0, 0.1) is 0 Å². The van der Waals surface area contributed by atoms with Crippen LogP contribution < -0.4 is 0 Å². The molecule has 0 aromatic heterocycles. The summed E-state index contributed by atoms with van der Waals surface area (Å²) in [7, 11) is -3.76. The Labute approximate surface area is 105 Å². The van der Waals surface area contributed by atoms with Crippen LogP contribution in [0.1, 0.15) is 18.6 Å². The van der Waals surface area contributed by atoms with Crippen LogP contribution in [0.15, 0.2) is 30.3 Å². The molecule has 0 saturated heterocycles. The molecule has 0 saturated carbocycles. The molecule has 0 spiro atoms. The zero-order chi connectivity index (χ0) is 12.4. The second-order valence-corrected chi connectivity index (χ2v) is 7.56. The van der Waals surface area contributed by atoms with Crippen LogP contribution >= 0.6 is 23.2 Å². The molecule has 1 atom stereocenters. The lowest BCUT2D eigenvalue weighted by molar-refractivity contribution is 0.181. The average molecular weight is 283 g/mol. The fourth-order valence-corrected chi connectivity index (χ4v) is 2.96. The summed E-state index contributed by atoms with van der Waals surface area (Å²) in [5.41, 5.74) is 0.365. The summed E-state index contributed by atoms with van der Waals surface area (Å²) in [5.74, 6) is -0.232. The van der Waals surface area contributed by atoms with Gasteiger partial charge < -0.3 is 5.11 Å². The Bertz CT molecular complexity index is 442. The van der Waals surface area contributed by atoms with Gasteiger partial charge in [-0.15, -0.1) is 0 Å². The average Bonchev–Trinajstić information content (AvgIpc) is 2.29. The van der Waals surface area contributed by atoms with E-state index < -0.39 is 19.6 Å². The minimum absolute atomic E-state index is 0.232. The summed E-state index contributed by atoms with van der Waals surface area (Å²) < 4.78 is 21.0. The fourth-order valence-electron chi connectivity index (χ4n) is 1.19. The van der Waals surface area contributed by atoms with Gasteiger partial charge in [0.2, 0.25) is 3.67 Å².